The molecule has 15 heavy (non-hydrogen) atoms. The maximum Gasteiger partial charge on any atom is 0.0798 e. The Kier molecular flexibility index (Phi) is 2.33. The molecular weight excluding hydrogens is 204 g/mol. The van der Waals surface area contributed by atoms with Gasteiger partial charge in [-0.15, -0.1) is 11.3 Å². The van der Waals surface area contributed by atoms with Gasteiger partial charge in [0, 0.05) is 18.0 Å². The molecule has 3 heteroatoms. The van der Waals surface area contributed by atoms with E-state index in [2.05, 4.69) is 17.2 Å². The lowest BCUT2D eigenvalue weighted by Crippen LogP contribution is -2.24. The fourth-order valence-electron chi connectivity index (χ4n) is 2.51. The van der Waals surface area contributed by atoms with Crippen molar-refractivity contribution < 1.29 is 0 Å². The fraction of sp³-hybridized carbons (Fsp3) is 0.750. The van der Waals surface area contributed by atoms with Crippen LogP contribution in [-0.4, -0.2) is 11.5 Å². The number of hydrogen-bond acceptors (Lipinski definition) is 3. The molecule has 0 radical (unpaired) electrons. The van der Waals surface area contributed by atoms with Crippen LogP contribution in [0.2, 0.25) is 0 Å². The molecule has 1 N–H and O–H groups in total. The second-order valence-corrected chi connectivity index (χ2v) is 6.04. The molecule has 2 nitrogen and oxygen atoms in total. The van der Waals surface area contributed by atoms with Gasteiger partial charge in [-0.3, -0.25) is 0 Å². The topological polar surface area (TPSA) is 24.9 Å². The number of aryl methyl sites for hydroxylation is 1. The minimum atomic E-state index is 0.721. The zero-order chi connectivity index (χ0) is 10.3. The van der Waals surface area contributed by atoms with Crippen LogP contribution in [0.3, 0.4) is 0 Å². The van der Waals surface area contributed by atoms with Gasteiger partial charge in [-0.25, -0.2) is 4.98 Å². The van der Waals surface area contributed by atoms with Gasteiger partial charge in [-0.2, -0.15) is 0 Å². The second kappa shape index (κ2) is 3.56. The van der Waals surface area contributed by atoms with Crippen LogP contribution in [0.1, 0.15) is 36.3 Å². The maximum atomic E-state index is 4.27. The summed E-state index contributed by atoms with van der Waals surface area (Å²) in [7, 11) is 0. The molecule has 3 rings (SSSR count). The highest BCUT2D eigenvalue weighted by atomic mass is 32.1. The van der Waals surface area contributed by atoms with Crippen LogP contribution >= 0.6 is 11.3 Å². The second-order valence-electron chi connectivity index (χ2n) is 5.10. The van der Waals surface area contributed by atoms with Crippen molar-refractivity contribution in [1.82, 2.24) is 10.3 Å². The summed E-state index contributed by atoms with van der Waals surface area (Å²) in [6.45, 7) is 4.35. The van der Waals surface area contributed by atoms with Crippen LogP contribution in [0.4, 0.5) is 0 Å². The Morgan fingerprint density at radius 1 is 1.53 bits per heavy atom. The molecule has 0 amide bonds. The minimum Gasteiger partial charge on any atom is -0.311 e. The summed E-state index contributed by atoms with van der Waals surface area (Å²) in [5.41, 5.74) is 3.86. The van der Waals surface area contributed by atoms with Gasteiger partial charge in [0.1, 0.15) is 0 Å². The summed E-state index contributed by atoms with van der Waals surface area (Å²) >= 11 is 1.77. The highest BCUT2D eigenvalue weighted by Gasteiger charge is 2.53. The first-order valence-corrected chi connectivity index (χ1v) is 6.78. The van der Waals surface area contributed by atoms with E-state index in [-0.39, 0.29) is 0 Å². The molecule has 0 saturated heterocycles. The van der Waals surface area contributed by atoms with Crippen LogP contribution in [-0.2, 0) is 6.54 Å². The summed E-state index contributed by atoms with van der Waals surface area (Å²) in [5, 5.41) is 3.62. The standard InChI is InChI=1S/C12H18N2S/c1-9-11(15-8-14-9)6-13-7-12(4-5-12)10-2-3-10/h8,10,13H,2-7H2,1H3. The Morgan fingerprint density at radius 2 is 2.33 bits per heavy atom. The van der Waals surface area contributed by atoms with Crippen molar-refractivity contribution in [3.8, 4) is 0 Å². The van der Waals surface area contributed by atoms with Crippen LogP contribution in [0.15, 0.2) is 5.51 Å². The van der Waals surface area contributed by atoms with Crippen molar-refractivity contribution in [2.75, 3.05) is 6.54 Å². The summed E-state index contributed by atoms with van der Waals surface area (Å²) in [6, 6.07) is 0. The fourth-order valence-corrected chi connectivity index (χ4v) is 3.25. The molecule has 2 aliphatic carbocycles. The predicted molar refractivity (Wildman–Crippen MR) is 62.9 cm³/mol. The number of rotatable bonds is 5. The first-order chi connectivity index (χ1) is 7.30. The zero-order valence-electron chi connectivity index (χ0n) is 9.25. The number of nitrogens with one attached hydrogen (secondary N) is 1. The molecule has 0 aromatic carbocycles. The lowest BCUT2D eigenvalue weighted by molar-refractivity contribution is 0.404. The highest BCUT2D eigenvalue weighted by Crippen LogP contribution is 2.60. The molecule has 82 valence electrons. The normalized spacial score (nSPS) is 23.0. The van der Waals surface area contributed by atoms with Gasteiger partial charge in [-0.1, -0.05) is 0 Å². The quantitative estimate of drug-likeness (QED) is 0.828. The summed E-state index contributed by atoms with van der Waals surface area (Å²) in [6.07, 6.45) is 5.90. The molecule has 2 aliphatic rings. The van der Waals surface area contributed by atoms with Crippen LogP contribution in [0, 0.1) is 18.3 Å². The largest absolute Gasteiger partial charge is 0.311 e. The molecule has 2 saturated carbocycles. The first kappa shape index (κ1) is 9.79. The number of aromatic nitrogens is 1. The molecule has 0 aliphatic heterocycles. The molecule has 0 spiro atoms. The maximum absolute atomic E-state index is 4.27. The van der Waals surface area contributed by atoms with Gasteiger partial charge in [0.15, 0.2) is 0 Å². The molecule has 0 bridgehead atoms. The summed E-state index contributed by atoms with van der Waals surface area (Å²) in [4.78, 5) is 5.68. The van der Waals surface area contributed by atoms with E-state index in [4.69, 9.17) is 0 Å². The number of nitrogens with zero attached hydrogens (tertiary/aromatic N) is 1. The number of hydrogen-bond donors (Lipinski definition) is 1. The lowest BCUT2D eigenvalue weighted by atomic mass is 10.0. The molecule has 0 unspecified atom stereocenters. The third kappa shape index (κ3) is 1.95. The van der Waals surface area contributed by atoms with E-state index in [1.807, 2.05) is 5.51 Å². The lowest BCUT2D eigenvalue weighted by Gasteiger charge is -2.14. The third-order valence-electron chi connectivity index (χ3n) is 3.94. The SMILES string of the molecule is Cc1ncsc1CNCC1(C2CC2)CC1. The van der Waals surface area contributed by atoms with Gasteiger partial charge in [0.05, 0.1) is 11.2 Å². The highest BCUT2D eigenvalue weighted by molar-refractivity contribution is 7.09. The smallest absolute Gasteiger partial charge is 0.0798 e. The Hall–Kier alpha value is -0.410. The van der Waals surface area contributed by atoms with Crippen molar-refractivity contribution in [3.63, 3.8) is 0 Å². The van der Waals surface area contributed by atoms with Crippen molar-refractivity contribution in [2.24, 2.45) is 11.3 Å². The predicted octanol–water partition coefficient (Wildman–Crippen LogP) is 2.73. The van der Waals surface area contributed by atoms with Gasteiger partial charge in [0.2, 0.25) is 0 Å². The van der Waals surface area contributed by atoms with Gasteiger partial charge >= 0.3 is 0 Å². The van der Waals surface area contributed by atoms with E-state index in [0.717, 1.165) is 17.9 Å². The molecule has 1 aromatic heterocycles. The van der Waals surface area contributed by atoms with Crippen LogP contribution in [0.25, 0.3) is 0 Å². The Bertz CT molecular complexity index is 350. The van der Waals surface area contributed by atoms with Gasteiger partial charge in [-0.05, 0) is 43.9 Å². The van der Waals surface area contributed by atoms with Crippen molar-refractivity contribution in [3.05, 3.63) is 16.1 Å². The Morgan fingerprint density at radius 3 is 2.87 bits per heavy atom. The Balaban J connectivity index is 1.49. The molecule has 1 aromatic rings. The van der Waals surface area contributed by atoms with E-state index in [1.165, 1.54) is 42.8 Å². The average Bonchev–Trinajstić information content (AvgIpc) is 3.10. The average molecular weight is 222 g/mol. The van der Waals surface area contributed by atoms with Gasteiger partial charge in [0.25, 0.3) is 0 Å². The van der Waals surface area contributed by atoms with E-state index in [0.29, 0.717) is 0 Å². The Labute approximate surface area is 95.1 Å². The first-order valence-electron chi connectivity index (χ1n) is 5.90. The van der Waals surface area contributed by atoms with Gasteiger partial charge < -0.3 is 5.32 Å². The van der Waals surface area contributed by atoms with E-state index in [9.17, 15) is 0 Å². The molecule has 2 fully saturated rings. The molecule has 0 atom stereocenters. The van der Waals surface area contributed by atoms with E-state index < -0.39 is 0 Å². The summed E-state index contributed by atoms with van der Waals surface area (Å²) < 4.78 is 0. The van der Waals surface area contributed by atoms with Crippen molar-refractivity contribution in [1.29, 1.82) is 0 Å². The third-order valence-corrected chi connectivity index (χ3v) is 4.88. The zero-order valence-corrected chi connectivity index (χ0v) is 10.1. The van der Waals surface area contributed by atoms with E-state index in [1.54, 1.807) is 11.3 Å². The molecular formula is C12H18N2S. The van der Waals surface area contributed by atoms with E-state index >= 15 is 0 Å². The number of thiazole rings is 1. The van der Waals surface area contributed by atoms with Crippen molar-refractivity contribution >= 4 is 11.3 Å². The van der Waals surface area contributed by atoms with Crippen LogP contribution < -0.4 is 5.32 Å². The molecule has 1 heterocycles. The minimum absolute atomic E-state index is 0.721. The van der Waals surface area contributed by atoms with Crippen molar-refractivity contribution in [2.45, 2.75) is 39.2 Å². The monoisotopic (exact) mass is 222 g/mol. The summed E-state index contributed by atoms with van der Waals surface area (Å²) in [5.74, 6) is 1.06. The van der Waals surface area contributed by atoms with Crippen LogP contribution in [0.5, 0.6) is 0 Å².